The maximum absolute atomic E-state index is 13.1. The molecule has 1 fully saturated rings. The van der Waals surface area contributed by atoms with Crippen LogP contribution in [0.1, 0.15) is 50.3 Å². The first kappa shape index (κ1) is 20.2. The Morgan fingerprint density at radius 3 is 2.79 bits per heavy atom. The van der Waals surface area contributed by atoms with Gasteiger partial charge >= 0.3 is 0 Å². The molecule has 1 amide bonds. The normalized spacial score (nSPS) is 23.7. The lowest BCUT2D eigenvalue weighted by atomic mass is 9.88. The van der Waals surface area contributed by atoms with E-state index >= 15 is 0 Å². The summed E-state index contributed by atoms with van der Waals surface area (Å²) < 4.78 is 6.10. The zero-order chi connectivity index (χ0) is 20.4. The molecule has 2 aliphatic heterocycles. The predicted molar refractivity (Wildman–Crippen MR) is 116 cm³/mol. The fraction of sp³-hybridized carbons (Fsp3) is 0.458. The Morgan fingerprint density at radius 2 is 1.97 bits per heavy atom. The van der Waals surface area contributed by atoms with Gasteiger partial charge in [-0.3, -0.25) is 9.69 Å². The molecule has 4 rings (SSSR count). The van der Waals surface area contributed by atoms with Gasteiger partial charge in [-0.1, -0.05) is 48.0 Å². The molecule has 2 aliphatic rings. The van der Waals surface area contributed by atoms with Crippen LogP contribution in [0.25, 0.3) is 0 Å². The number of para-hydroxylation sites is 1. The lowest BCUT2D eigenvalue weighted by Gasteiger charge is -2.39. The molecule has 0 bridgehead atoms. The van der Waals surface area contributed by atoms with Crippen molar-refractivity contribution in [2.24, 2.45) is 5.92 Å². The Kier molecular flexibility index (Phi) is 5.84. The Balaban J connectivity index is 1.42. The van der Waals surface area contributed by atoms with Gasteiger partial charge in [0.25, 0.3) is 0 Å². The van der Waals surface area contributed by atoms with Gasteiger partial charge in [0, 0.05) is 30.1 Å². The number of halogens is 1. The smallest absolute Gasteiger partial charge is 0.224 e. The second-order valence-corrected chi connectivity index (χ2v) is 9.24. The molecule has 1 N–H and O–H groups in total. The number of nitrogens with zero attached hydrogens (tertiary/aromatic N) is 1. The standard InChI is InChI=1S/C24H29ClN2O2/c1-24(2)14-21(19-10-4-6-12-22(19)29-24)26-23(28)18-9-7-13-27(16-18)15-17-8-3-5-11-20(17)25/h3-6,8,10-12,18,21H,7,9,13-16H2,1-2H3,(H,26,28). The van der Waals surface area contributed by atoms with Crippen LogP contribution in [0.4, 0.5) is 0 Å². The van der Waals surface area contributed by atoms with Crippen LogP contribution >= 0.6 is 11.6 Å². The third-order valence-electron chi connectivity index (χ3n) is 5.92. The summed E-state index contributed by atoms with van der Waals surface area (Å²) in [6, 6.07) is 16.0. The van der Waals surface area contributed by atoms with Gasteiger partial charge in [-0.25, -0.2) is 0 Å². The molecule has 0 saturated carbocycles. The van der Waals surface area contributed by atoms with Gasteiger partial charge in [-0.2, -0.15) is 0 Å². The summed E-state index contributed by atoms with van der Waals surface area (Å²) in [6.45, 7) is 6.71. The third-order valence-corrected chi connectivity index (χ3v) is 6.29. The molecule has 0 aliphatic carbocycles. The average Bonchev–Trinajstić information content (AvgIpc) is 2.69. The molecule has 29 heavy (non-hydrogen) atoms. The van der Waals surface area contributed by atoms with E-state index in [4.69, 9.17) is 16.3 Å². The van der Waals surface area contributed by atoms with Crippen molar-refractivity contribution in [3.63, 3.8) is 0 Å². The number of piperidine rings is 1. The highest BCUT2D eigenvalue weighted by Crippen LogP contribution is 2.39. The number of benzene rings is 2. The molecule has 5 heteroatoms. The van der Waals surface area contributed by atoms with Crippen LogP contribution in [0.5, 0.6) is 5.75 Å². The van der Waals surface area contributed by atoms with Gasteiger partial charge in [0.05, 0.1) is 12.0 Å². The van der Waals surface area contributed by atoms with E-state index in [9.17, 15) is 4.79 Å². The number of nitrogens with one attached hydrogen (secondary N) is 1. The largest absolute Gasteiger partial charge is 0.487 e. The number of rotatable bonds is 4. The van der Waals surface area contributed by atoms with Crippen molar-refractivity contribution in [1.29, 1.82) is 0 Å². The zero-order valence-electron chi connectivity index (χ0n) is 17.2. The Bertz CT molecular complexity index is 883. The summed E-state index contributed by atoms with van der Waals surface area (Å²) in [5.41, 5.74) is 1.90. The van der Waals surface area contributed by atoms with E-state index < -0.39 is 0 Å². The molecule has 2 aromatic rings. The van der Waals surface area contributed by atoms with Crippen LogP contribution in [0.15, 0.2) is 48.5 Å². The Morgan fingerprint density at radius 1 is 1.21 bits per heavy atom. The molecule has 2 atom stereocenters. The van der Waals surface area contributed by atoms with Gasteiger partial charge in [0.15, 0.2) is 0 Å². The third kappa shape index (κ3) is 4.76. The average molecular weight is 413 g/mol. The lowest BCUT2D eigenvalue weighted by molar-refractivity contribution is -0.128. The molecule has 154 valence electrons. The first-order valence-corrected chi connectivity index (χ1v) is 10.8. The van der Waals surface area contributed by atoms with E-state index in [1.807, 2.05) is 36.4 Å². The van der Waals surface area contributed by atoms with Gasteiger partial charge in [-0.15, -0.1) is 0 Å². The van der Waals surface area contributed by atoms with Crippen LogP contribution in [-0.2, 0) is 11.3 Å². The lowest BCUT2D eigenvalue weighted by Crippen LogP contribution is -2.46. The molecular formula is C24H29ClN2O2. The molecule has 4 nitrogen and oxygen atoms in total. The van der Waals surface area contributed by atoms with Gasteiger partial charge in [-0.05, 0) is 50.9 Å². The summed E-state index contributed by atoms with van der Waals surface area (Å²) in [5, 5.41) is 4.12. The summed E-state index contributed by atoms with van der Waals surface area (Å²) in [5.74, 6) is 1.02. The van der Waals surface area contributed by atoms with E-state index in [0.717, 1.165) is 60.8 Å². The number of carbonyl (C=O) groups excluding carboxylic acids is 1. The SMILES string of the molecule is CC1(C)CC(NC(=O)C2CCCN(Cc3ccccc3Cl)C2)c2ccccc2O1. The van der Waals surface area contributed by atoms with Crippen molar-refractivity contribution in [1.82, 2.24) is 10.2 Å². The summed E-state index contributed by atoms with van der Waals surface area (Å²) >= 11 is 6.33. The minimum absolute atomic E-state index is 0.00403. The van der Waals surface area contributed by atoms with Crippen LogP contribution in [0.2, 0.25) is 5.02 Å². The van der Waals surface area contributed by atoms with E-state index in [2.05, 4.69) is 36.2 Å². The molecule has 2 aromatic carbocycles. The number of hydrogen-bond donors (Lipinski definition) is 1. The molecular weight excluding hydrogens is 384 g/mol. The van der Waals surface area contributed by atoms with Gasteiger partial charge < -0.3 is 10.1 Å². The number of carbonyl (C=O) groups is 1. The van der Waals surface area contributed by atoms with Gasteiger partial charge in [0.1, 0.15) is 11.4 Å². The van der Waals surface area contributed by atoms with Crippen molar-refractivity contribution in [2.75, 3.05) is 13.1 Å². The predicted octanol–water partition coefficient (Wildman–Crippen LogP) is 4.97. The van der Waals surface area contributed by atoms with Crippen molar-refractivity contribution in [3.8, 4) is 5.75 Å². The van der Waals surface area contributed by atoms with Crippen LogP contribution in [-0.4, -0.2) is 29.5 Å². The molecule has 0 radical (unpaired) electrons. The zero-order valence-corrected chi connectivity index (χ0v) is 17.9. The summed E-state index contributed by atoms with van der Waals surface area (Å²) in [7, 11) is 0. The molecule has 0 spiro atoms. The number of likely N-dealkylation sites (tertiary alicyclic amines) is 1. The van der Waals surface area contributed by atoms with Crippen LogP contribution in [0, 0.1) is 5.92 Å². The van der Waals surface area contributed by atoms with E-state index in [-0.39, 0.29) is 23.5 Å². The molecule has 1 saturated heterocycles. The fourth-order valence-corrected chi connectivity index (χ4v) is 4.70. The van der Waals surface area contributed by atoms with E-state index in [0.29, 0.717) is 0 Å². The first-order chi connectivity index (χ1) is 13.9. The minimum atomic E-state index is -0.297. The molecule has 0 aromatic heterocycles. The maximum Gasteiger partial charge on any atom is 0.224 e. The van der Waals surface area contributed by atoms with Gasteiger partial charge in [0.2, 0.25) is 5.91 Å². The Labute approximate surface area is 178 Å². The van der Waals surface area contributed by atoms with Crippen molar-refractivity contribution in [3.05, 3.63) is 64.7 Å². The number of amides is 1. The van der Waals surface area contributed by atoms with Crippen LogP contribution < -0.4 is 10.1 Å². The van der Waals surface area contributed by atoms with Crippen LogP contribution in [0.3, 0.4) is 0 Å². The van der Waals surface area contributed by atoms with Crippen molar-refractivity contribution in [2.45, 2.75) is 51.3 Å². The molecule has 2 heterocycles. The molecule has 2 unspecified atom stereocenters. The highest BCUT2D eigenvalue weighted by atomic mass is 35.5. The highest BCUT2D eigenvalue weighted by molar-refractivity contribution is 6.31. The monoisotopic (exact) mass is 412 g/mol. The number of hydrogen-bond acceptors (Lipinski definition) is 3. The second-order valence-electron chi connectivity index (χ2n) is 8.83. The minimum Gasteiger partial charge on any atom is -0.487 e. The highest BCUT2D eigenvalue weighted by Gasteiger charge is 2.36. The van der Waals surface area contributed by atoms with E-state index in [1.54, 1.807) is 0 Å². The first-order valence-electron chi connectivity index (χ1n) is 10.5. The summed E-state index contributed by atoms with van der Waals surface area (Å²) in [6.07, 6.45) is 2.73. The number of fused-ring (bicyclic) bond motifs is 1. The maximum atomic E-state index is 13.1. The Hall–Kier alpha value is -2.04. The van der Waals surface area contributed by atoms with Crippen molar-refractivity contribution >= 4 is 17.5 Å². The quantitative estimate of drug-likeness (QED) is 0.770. The second kappa shape index (κ2) is 8.37. The topological polar surface area (TPSA) is 41.6 Å². The van der Waals surface area contributed by atoms with E-state index in [1.165, 1.54) is 0 Å². The summed E-state index contributed by atoms with van der Waals surface area (Å²) in [4.78, 5) is 15.5. The number of ether oxygens (including phenoxy) is 1. The fourth-order valence-electron chi connectivity index (χ4n) is 4.50. The van der Waals surface area contributed by atoms with Crippen molar-refractivity contribution < 1.29 is 9.53 Å².